The first-order chi connectivity index (χ1) is 16.2. The molecule has 0 radical (unpaired) electrons. The van der Waals surface area contributed by atoms with Crippen LogP contribution in [-0.4, -0.2) is 25.4 Å². The molecule has 0 unspecified atom stereocenters. The third kappa shape index (κ3) is 4.72. The maximum absolute atomic E-state index is 14.9. The van der Waals surface area contributed by atoms with Crippen LogP contribution in [0.15, 0.2) is 58.0 Å². The van der Waals surface area contributed by atoms with Crippen LogP contribution >= 0.6 is 0 Å². The largest absolute Gasteiger partial charge is 0.436 e. The third-order valence-corrected chi connectivity index (χ3v) is 6.03. The zero-order valence-corrected chi connectivity index (χ0v) is 18.7. The van der Waals surface area contributed by atoms with E-state index in [-0.39, 0.29) is 34.8 Å². The Balaban J connectivity index is 1.68. The Bertz CT molecular complexity index is 1560. The van der Waals surface area contributed by atoms with Crippen LogP contribution in [0, 0.1) is 18.6 Å². The number of aryl methyl sites for hydroxylation is 1. The molecule has 0 atom stereocenters. The van der Waals surface area contributed by atoms with Crippen molar-refractivity contribution in [3.8, 4) is 11.6 Å². The van der Waals surface area contributed by atoms with Crippen molar-refractivity contribution in [2.45, 2.75) is 13.3 Å². The fourth-order valence-corrected chi connectivity index (χ4v) is 3.76. The molecule has 34 heavy (non-hydrogen) atoms. The van der Waals surface area contributed by atoms with Crippen molar-refractivity contribution in [1.29, 1.82) is 0 Å². The number of aromatic nitrogens is 2. The highest BCUT2D eigenvalue weighted by atomic mass is 32.2. The van der Waals surface area contributed by atoms with Gasteiger partial charge in [-0.2, -0.15) is 8.42 Å². The van der Waals surface area contributed by atoms with Gasteiger partial charge < -0.3 is 9.15 Å². The van der Waals surface area contributed by atoms with Crippen molar-refractivity contribution in [2.75, 3.05) is 11.8 Å². The summed E-state index contributed by atoms with van der Waals surface area (Å²) in [5.74, 6) is -2.08. The number of nitrogens with zero attached hydrogens (tertiary/aromatic N) is 2. The second kappa shape index (κ2) is 9.15. The highest BCUT2D eigenvalue weighted by Crippen LogP contribution is 2.29. The number of nitrogens with one attached hydrogen (secondary N) is 2. The molecule has 12 heteroatoms. The monoisotopic (exact) mass is 488 g/mol. The molecule has 3 heterocycles. The average Bonchev–Trinajstić information content (AvgIpc) is 2.80. The van der Waals surface area contributed by atoms with Crippen LogP contribution < -0.4 is 19.8 Å². The molecular weight excluding hydrogens is 470 g/mol. The fraction of sp³-hybridized carbons (Fsp3) is 0.136. The van der Waals surface area contributed by atoms with Gasteiger partial charge in [-0.1, -0.05) is 0 Å². The number of anilines is 1. The number of halogens is 2. The summed E-state index contributed by atoms with van der Waals surface area (Å²) in [6.45, 7) is 1.68. The maximum Gasteiger partial charge on any atom is 0.340 e. The van der Waals surface area contributed by atoms with Gasteiger partial charge in [-0.3, -0.25) is 4.72 Å². The fourth-order valence-electron chi connectivity index (χ4n) is 3.26. The summed E-state index contributed by atoms with van der Waals surface area (Å²) in [6, 6.07) is 8.59. The van der Waals surface area contributed by atoms with Gasteiger partial charge in [0.05, 0.1) is 0 Å². The second-order valence-corrected chi connectivity index (χ2v) is 8.78. The molecule has 0 saturated carbocycles. The van der Waals surface area contributed by atoms with Crippen LogP contribution in [-0.2, 0) is 16.6 Å². The van der Waals surface area contributed by atoms with Gasteiger partial charge in [0.25, 0.3) is 16.1 Å². The SMILES string of the molecule is CNS(=O)(=O)Nc1nccc(Cc2c(C)c3ccc(Oc4ncccc4F)cc3oc2=O)c1F. The van der Waals surface area contributed by atoms with Crippen LogP contribution in [0.25, 0.3) is 11.0 Å². The van der Waals surface area contributed by atoms with Crippen LogP contribution in [0.4, 0.5) is 14.6 Å². The molecule has 4 rings (SSSR count). The number of ether oxygens (including phenoxy) is 1. The van der Waals surface area contributed by atoms with Crippen molar-refractivity contribution in [2.24, 2.45) is 0 Å². The van der Waals surface area contributed by atoms with E-state index in [2.05, 4.69) is 9.97 Å². The summed E-state index contributed by atoms with van der Waals surface area (Å²) in [7, 11) is -2.82. The zero-order valence-electron chi connectivity index (χ0n) is 17.9. The first-order valence-electron chi connectivity index (χ1n) is 9.88. The number of hydrogen-bond acceptors (Lipinski definition) is 7. The lowest BCUT2D eigenvalue weighted by Crippen LogP contribution is -2.27. The smallest absolute Gasteiger partial charge is 0.340 e. The van der Waals surface area contributed by atoms with Gasteiger partial charge >= 0.3 is 5.63 Å². The zero-order chi connectivity index (χ0) is 24.5. The van der Waals surface area contributed by atoms with E-state index >= 15 is 0 Å². The molecule has 9 nitrogen and oxygen atoms in total. The first-order valence-corrected chi connectivity index (χ1v) is 11.4. The van der Waals surface area contributed by atoms with E-state index in [0.29, 0.717) is 10.9 Å². The highest BCUT2D eigenvalue weighted by Gasteiger charge is 2.19. The van der Waals surface area contributed by atoms with Gasteiger partial charge in [-0.15, -0.1) is 0 Å². The summed E-state index contributed by atoms with van der Waals surface area (Å²) >= 11 is 0. The molecule has 1 aromatic carbocycles. The molecule has 0 amide bonds. The molecule has 176 valence electrons. The van der Waals surface area contributed by atoms with Gasteiger partial charge in [0.2, 0.25) is 0 Å². The second-order valence-electron chi connectivity index (χ2n) is 7.16. The third-order valence-electron chi connectivity index (χ3n) is 5.03. The van der Waals surface area contributed by atoms with Crippen LogP contribution in [0.5, 0.6) is 11.6 Å². The summed E-state index contributed by atoms with van der Waals surface area (Å²) in [5, 5.41) is 0.564. The summed E-state index contributed by atoms with van der Waals surface area (Å²) < 4.78 is 66.9. The molecule has 3 aromatic heterocycles. The van der Waals surface area contributed by atoms with Crippen LogP contribution in [0.3, 0.4) is 0 Å². The van der Waals surface area contributed by atoms with Crippen molar-refractivity contribution >= 4 is 27.0 Å². The van der Waals surface area contributed by atoms with E-state index in [1.165, 1.54) is 36.7 Å². The predicted octanol–water partition coefficient (Wildman–Crippen LogP) is 3.43. The molecule has 4 aromatic rings. The van der Waals surface area contributed by atoms with Gasteiger partial charge in [-0.05, 0) is 48.4 Å². The molecule has 0 aliphatic carbocycles. The van der Waals surface area contributed by atoms with Crippen molar-refractivity contribution in [1.82, 2.24) is 14.7 Å². The Labute approximate surface area is 192 Å². The molecular formula is C22H18F2N4O5S. The number of rotatable bonds is 7. The Morgan fingerprint density at radius 3 is 2.65 bits per heavy atom. The Morgan fingerprint density at radius 1 is 1.12 bits per heavy atom. The van der Waals surface area contributed by atoms with E-state index in [1.807, 2.05) is 9.44 Å². The minimum absolute atomic E-state index is 0.0455. The van der Waals surface area contributed by atoms with Gasteiger partial charge in [0, 0.05) is 42.9 Å². The van der Waals surface area contributed by atoms with Gasteiger partial charge in [-0.25, -0.2) is 28.3 Å². The van der Waals surface area contributed by atoms with E-state index in [9.17, 15) is 22.0 Å². The maximum atomic E-state index is 14.9. The Hall–Kier alpha value is -3.90. The van der Waals surface area contributed by atoms with E-state index < -0.39 is 33.3 Å². The standard InChI is InChI=1S/C22H18F2N4O5S/c1-12-15-6-5-14(32-21-17(23)4-3-8-27-21)11-18(15)33-22(29)16(12)10-13-7-9-26-20(19(13)24)28-34(30,31)25-2/h3-9,11,25H,10H2,1-2H3,(H,26,28). The quantitative estimate of drug-likeness (QED) is 0.382. The molecule has 0 saturated heterocycles. The average molecular weight is 488 g/mol. The number of fused-ring (bicyclic) bond motifs is 1. The molecule has 2 N–H and O–H groups in total. The van der Waals surface area contributed by atoms with Gasteiger partial charge in [0.1, 0.15) is 11.3 Å². The lowest BCUT2D eigenvalue weighted by molar-refractivity contribution is 0.422. The van der Waals surface area contributed by atoms with Crippen molar-refractivity contribution in [3.05, 3.63) is 87.5 Å². The summed E-state index contributed by atoms with van der Waals surface area (Å²) in [4.78, 5) is 20.2. The molecule has 0 aliphatic heterocycles. The van der Waals surface area contributed by atoms with Gasteiger partial charge in [0.15, 0.2) is 17.5 Å². The van der Waals surface area contributed by atoms with E-state index in [0.717, 1.165) is 7.05 Å². The van der Waals surface area contributed by atoms with Crippen molar-refractivity contribution < 1.29 is 26.4 Å². The number of hydrogen-bond donors (Lipinski definition) is 2. The lowest BCUT2D eigenvalue weighted by Gasteiger charge is -2.12. The first kappa shape index (κ1) is 23.3. The Kier molecular flexibility index (Phi) is 6.26. The van der Waals surface area contributed by atoms with E-state index in [1.54, 1.807) is 19.1 Å². The number of benzene rings is 1. The molecule has 0 fully saturated rings. The van der Waals surface area contributed by atoms with E-state index in [4.69, 9.17) is 9.15 Å². The lowest BCUT2D eigenvalue weighted by atomic mass is 10.00. The van der Waals surface area contributed by atoms with Crippen molar-refractivity contribution in [3.63, 3.8) is 0 Å². The molecule has 0 spiro atoms. The normalized spacial score (nSPS) is 11.5. The minimum Gasteiger partial charge on any atom is -0.436 e. The number of pyridine rings is 2. The topological polar surface area (TPSA) is 123 Å². The van der Waals surface area contributed by atoms with Crippen LogP contribution in [0.2, 0.25) is 0 Å². The predicted molar refractivity (Wildman–Crippen MR) is 120 cm³/mol. The Morgan fingerprint density at radius 2 is 1.91 bits per heavy atom. The minimum atomic E-state index is -3.98. The molecule has 0 bridgehead atoms. The highest BCUT2D eigenvalue weighted by molar-refractivity contribution is 7.90. The molecule has 0 aliphatic rings. The summed E-state index contributed by atoms with van der Waals surface area (Å²) in [5.41, 5.74) is 0.251. The van der Waals surface area contributed by atoms with Crippen LogP contribution in [0.1, 0.15) is 16.7 Å². The summed E-state index contributed by atoms with van der Waals surface area (Å²) in [6.07, 6.45) is 2.44.